The zero-order chi connectivity index (χ0) is 26.5. The van der Waals surface area contributed by atoms with E-state index in [9.17, 15) is 14.7 Å². The first kappa shape index (κ1) is 26.4. The zero-order valence-electron chi connectivity index (χ0n) is 21.9. The summed E-state index contributed by atoms with van der Waals surface area (Å²) < 4.78 is 6.44. The van der Waals surface area contributed by atoms with E-state index in [1.807, 2.05) is 69.6 Å². The van der Waals surface area contributed by atoms with Crippen LogP contribution in [0.1, 0.15) is 19.4 Å². The maximum Gasteiger partial charge on any atom is 0.323 e. The molecule has 37 heavy (non-hydrogen) atoms. The summed E-state index contributed by atoms with van der Waals surface area (Å²) in [5, 5.41) is 17.6. The summed E-state index contributed by atoms with van der Waals surface area (Å²) in [4.78, 5) is 30.0. The molecular formula is C29H36N4O4. The van der Waals surface area contributed by atoms with Crippen molar-refractivity contribution in [1.29, 1.82) is 0 Å². The molecule has 1 heterocycles. The second-order valence-corrected chi connectivity index (χ2v) is 10.1. The van der Waals surface area contributed by atoms with Gasteiger partial charge in [-0.25, -0.2) is 4.79 Å². The second kappa shape index (κ2) is 11.6. The smallest absolute Gasteiger partial charge is 0.323 e. The van der Waals surface area contributed by atoms with Crippen LogP contribution in [0.5, 0.6) is 5.75 Å². The van der Waals surface area contributed by atoms with Crippen molar-refractivity contribution in [2.75, 3.05) is 44.4 Å². The first-order chi connectivity index (χ1) is 17.7. The van der Waals surface area contributed by atoms with Gasteiger partial charge >= 0.3 is 6.03 Å². The number of urea groups is 1. The third-order valence-corrected chi connectivity index (χ3v) is 6.76. The van der Waals surface area contributed by atoms with Crippen LogP contribution in [0.2, 0.25) is 0 Å². The highest BCUT2D eigenvalue weighted by molar-refractivity contribution is 6.06. The number of amides is 3. The fourth-order valence-corrected chi connectivity index (χ4v) is 4.70. The molecule has 8 heteroatoms. The number of hydrogen-bond donors (Lipinski definition) is 3. The van der Waals surface area contributed by atoms with Crippen LogP contribution in [0.15, 0.2) is 60.7 Å². The monoisotopic (exact) mass is 504 g/mol. The van der Waals surface area contributed by atoms with Crippen molar-refractivity contribution in [3.05, 3.63) is 66.2 Å². The summed E-state index contributed by atoms with van der Waals surface area (Å²) >= 11 is 0. The number of carbonyl (C=O) groups excluding carboxylic acids is 2. The number of hydrogen-bond acceptors (Lipinski definition) is 5. The molecule has 0 bridgehead atoms. The van der Waals surface area contributed by atoms with Crippen molar-refractivity contribution in [3.63, 3.8) is 0 Å². The molecule has 1 aliphatic heterocycles. The van der Waals surface area contributed by atoms with Crippen LogP contribution in [-0.2, 0) is 11.2 Å². The van der Waals surface area contributed by atoms with Crippen LogP contribution < -0.4 is 15.4 Å². The molecule has 1 aliphatic rings. The van der Waals surface area contributed by atoms with E-state index in [0.29, 0.717) is 35.8 Å². The Balaban J connectivity index is 1.58. The molecule has 3 atom stereocenters. The van der Waals surface area contributed by atoms with Gasteiger partial charge in [-0.2, -0.15) is 0 Å². The van der Waals surface area contributed by atoms with Gasteiger partial charge in [0.2, 0.25) is 5.91 Å². The van der Waals surface area contributed by atoms with Crippen LogP contribution in [-0.4, -0.2) is 72.8 Å². The van der Waals surface area contributed by atoms with E-state index < -0.39 is 0 Å². The van der Waals surface area contributed by atoms with Gasteiger partial charge in [0.25, 0.3) is 0 Å². The maximum absolute atomic E-state index is 13.3. The van der Waals surface area contributed by atoms with Crippen molar-refractivity contribution in [3.8, 4) is 5.75 Å². The fourth-order valence-electron chi connectivity index (χ4n) is 4.70. The molecule has 0 saturated carbocycles. The predicted molar refractivity (Wildman–Crippen MR) is 147 cm³/mol. The van der Waals surface area contributed by atoms with Gasteiger partial charge in [0.1, 0.15) is 11.9 Å². The van der Waals surface area contributed by atoms with Gasteiger partial charge in [-0.1, -0.05) is 43.3 Å². The number of benzene rings is 3. The molecule has 0 radical (unpaired) electrons. The van der Waals surface area contributed by atoms with Gasteiger partial charge in [0.05, 0.1) is 24.8 Å². The van der Waals surface area contributed by atoms with E-state index in [2.05, 4.69) is 22.5 Å². The molecule has 3 aromatic rings. The summed E-state index contributed by atoms with van der Waals surface area (Å²) in [5.74, 6) is 0.599. The lowest BCUT2D eigenvalue weighted by atomic mass is 10.0. The number of nitrogens with zero attached hydrogens (tertiary/aromatic N) is 2. The molecule has 0 aromatic heterocycles. The Morgan fingerprint density at radius 3 is 2.65 bits per heavy atom. The minimum Gasteiger partial charge on any atom is -0.488 e. The fraction of sp³-hybridized carbons (Fsp3) is 0.379. The number of aliphatic hydroxyl groups is 1. The topological polar surface area (TPSA) is 94.1 Å². The summed E-state index contributed by atoms with van der Waals surface area (Å²) in [6.07, 6.45) is -0.0387. The third kappa shape index (κ3) is 6.39. The number of fused-ring (bicyclic) bond motifs is 2. The Hall–Kier alpha value is -3.62. The van der Waals surface area contributed by atoms with Gasteiger partial charge in [0.15, 0.2) is 0 Å². The lowest BCUT2D eigenvalue weighted by Crippen LogP contribution is -2.47. The molecule has 4 rings (SSSR count). The summed E-state index contributed by atoms with van der Waals surface area (Å²) in [6.45, 7) is 4.98. The minimum atomic E-state index is -0.374. The number of nitrogens with one attached hydrogen (secondary N) is 2. The largest absolute Gasteiger partial charge is 0.488 e. The normalized spacial score (nSPS) is 18.9. The molecule has 3 N–H and O–H groups in total. The highest BCUT2D eigenvalue weighted by Crippen LogP contribution is 2.29. The third-order valence-electron chi connectivity index (χ3n) is 6.76. The second-order valence-electron chi connectivity index (χ2n) is 10.1. The van der Waals surface area contributed by atoms with Crippen LogP contribution in [0, 0.1) is 5.92 Å². The number of aliphatic hydroxyl groups excluding tert-OH is 1. The average molecular weight is 505 g/mol. The van der Waals surface area contributed by atoms with Crippen molar-refractivity contribution >= 4 is 34.1 Å². The van der Waals surface area contributed by atoms with Gasteiger partial charge in [-0.05, 0) is 50.7 Å². The van der Waals surface area contributed by atoms with E-state index in [4.69, 9.17) is 4.74 Å². The maximum atomic E-state index is 13.3. The number of carbonyl (C=O) groups is 2. The Labute approximate surface area is 218 Å². The number of likely N-dealkylation sites (N-methyl/N-ethyl adjacent to an activating group) is 1. The van der Waals surface area contributed by atoms with Crippen LogP contribution >= 0.6 is 0 Å². The zero-order valence-corrected chi connectivity index (χ0v) is 21.9. The SMILES string of the molecule is C[C@H]1CN([C@@H](C)CO)C(=O)Cc2cc(NC(=O)Nc3cccc4ccccc34)ccc2O[C@H]1CN(C)C. The van der Waals surface area contributed by atoms with Crippen molar-refractivity contribution in [2.24, 2.45) is 5.92 Å². The minimum absolute atomic E-state index is 0.0515. The molecule has 3 aromatic carbocycles. The lowest BCUT2D eigenvalue weighted by Gasteiger charge is -2.33. The quantitative estimate of drug-likeness (QED) is 0.468. The molecular weight excluding hydrogens is 468 g/mol. The van der Waals surface area contributed by atoms with Crippen molar-refractivity contribution in [2.45, 2.75) is 32.4 Å². The van der Waals surface area contributed by atoms with E-state index in [1.165, 1.54) is 0 Å². The summed E-state index contributed by atoms with van der Waals surface area (Å²) in [7, 11) is 3.98. The first-order valence-electron chi connectivity index (χ1n) is 12.7. The molecule has 0 spiro atoms. The Morgan fingerprint density at radius 2 is 1.89 bits per heavy atom. The van der Waals surface area contributed by atoms with Gasteiger partial charge in [-0.15, -0.1) is 0 Å². The molecule has 0 aliphatic carbocycles. The number of rotatable bonds is 6. The Kier molecular flexibility index (Phi) is 8.31. The van der Waals surface area contributed by atoms with Gasteiger partial charge < -0.3 is 30.3 Å². The summed E-state index contributed by atoms with van der Waals surface area (Å²) in [5.41, 5.74) is 1.97. The van der Waals surface area contributed by atoms with Crippen LogP contribution in [0.3, 0.4) is 0 Å². The predicted octanol–water partition coefficient (Wildman–Crippen LogP) is 4.19. The van der Waals surface area contributed by atoms with Crippen LogP contribution in [0.25, 0.3) is 10.8 Å². The van der Waals surface area contributed by atoms with Gasteiger partial charge in [-0.3, -0.25) is 4.79 Å². The average Bonchev–Trinajstić information content (AvgIpc) is 2.91. The Bertz CT molecular complexity index is 1260. The summed E-state index contributed by atoms with van der Waals surface area (Å²) in [6, 6.07) is 18.3. The van der Waals surface area contributed by atoms with Crippen LogP contribution in [0.4, 0.5) is 16.2 Å². The van der Waals surface area contributed by atoms with E-state index in [-0.39, 0.29) is 43.0 Å². The highest BCUT2D eigenvalue weighted by Gasteiger charge is 2.30. The van der Waals surface area contributed by atoms with E-state index in [1.54, 1.807) is 17.0 Å². The van der Waals surface area contributed by atoms with E-state index in [0.717, 1.165) is 10.8 Å². The highest BCUT2D eigenvalue weighted by atomic mass is 16.5. The van der Waals surface area contributed by atoms with Gasteiger partial charge in [0, 0.05) is 35.6 Å². The Morgan fingerprint density at radius 1 is 1.14 bits per heavy atom. The van der Waals surface area contributed by atoms with Crippen molar-refractivity contribution in [1.82, 2.24) is 9.80 Å². The molecule has 8 nitrogen and oxygen atoms in total. The first-order valence-corrected chi connectivity index (χ1v) is 12.7. The van der Waals surface area contributed by atoms with E-state index >= 15 is 0 Å². The lowest BCUT2D eigenvalue weighted by molar-refractivity contribution is -0.134. The molecule has 3 amide bonds. The standard InChI is InChI=1S/C29H36N4O4/c1-19-16-33(20(2)18-34)28(35)15-22-14-23(12-13-26(22)37-27(19)17-32(3)4)30-29(36)31-25-11-7-9-21-8-5-6-10-24(21)25/h5-14,19-20,27,34H,15-18H2,1-4H3,(H2,30,31,36)/t19-,20-,27-/m0/s1. The molecule has 196 valence electrons. The van der Waals surface area contributed by atoms with Crippen molar-refractivity contribution < 1.29 is 19.4 Å². The number of ether oxygens (including phenoxy) is 1. The molecule has 0 saturated heterocycles. The molecule has 0 unspecified atom stereocenters. The number of anilines is 2. The molecule has 0 fully saturated rings.